The number of pyridine rings is 1. The third-order valence-corrected chi connectivity index (χ3v) is 4.42. The zero-order chi connectivity index (χ0) is 16.0. The van der Waals surface area contributed by atoms with Crippen molar-refractivity contribution in [3.05, 3.63) is 66.5 Å². The lowest BCUT2D eigenvalue weighted by atomic mass is 10.1. The summed E-state index contributed by atoms with van der Waals surface area (Å²) in [5, 5.41) is 0.615. The standard InChI is InChI=1S/C16H15ClN2O3/c1-8-5-4-6-12(17)11(8)7-19-10(3)9(2)14-13(15(19)20)18-16(21)22-14/h4-6H,7H2,1-3H3,(H,18,21). The molecule has 0 saturated heterocycles. The molecule has 0 saturated carbocycles. The number of H-pyrrole nitrogens is 1. The molecule has 114 valence electrons. The van der Waals surface area contributed by atoms with E-state index in [-0.39, 0.29) is 11.1 Å². The molecule has 0 aliphatic rings. The van der Waals surface area contributed by atoms with Crippen LogP contribution in [0.15, 0.2) is 32.2 Å². The fraction of sp³-hybridized carbons (Fsp3) is 0.250. The Balaban J connectivity index is 2.28. The fourth-order valence-electron chi connectivity index (χ4n) is 2.61. The van der Waals surface area contributed by atoms with E-state index in [1.165, 1.54) is 0 Å². The highest BCUT2D eigenvalue weighted by Crippen LogP contribution is 2.22. The van der Waals surface area contributed by atoms with E-state index in [9.17, 15) is 9.59 Å². The summed E-state index contributed by atoms with van der Waals surface area (Å²) in [7, 11) is 0. The normalized spacial score (nSPS) is 11.3. The maximum absolute atomic E-state index is 12.6. The second kappa shape index (κ2) is 5.18. The predicted molar refractivity (Wildman–Crippen MR) is 85.9 cm³/mol. The summed E-state index contributed by atoms with van der Waals surface area (Å²) in [6.07, 6.45) is 0. The van der Waals surface area contributed by atoms with Gasteiger partial charge in [0.25, 0.3) is 5.56 Å². The number of fused-ring (bicyclic) bond motifs is 1. The Bertz CT molecular complexity index is 975. The van der Waals surface area contributed by atoms with Gasteiger partial charge in [-0.1, -0.05) is 23.7 Å². The molecule has 0 bridgehead atoms. The molecule has 1 N–H and O–H groups in total. The number of rotatable bonds is 2. The largest absolute Gasteiger partial charge is 0.417 e. The molecule has 6 heteroatoms. The van der Waals surface area contributed by atoms with Crippen LogP contribution in [-0.4, -0.2) is 9.55 Å². The van der Waals surface area contributed by atoms with E-state index in [0.717, 1.165) is 22.4 Å². The minimum Gasteiger partial charge on any atom is -0.407 e. The van der Waals surface area contributed by atoms with Gasteiger partial charge in [0.2, 0.25) is 0 Å². The van der Waals surface area contributed by atoms with Crippen molar-refractivity contribution in [2.45, 2.75) is 27.3 Å². The van der Waals surface area contributed by atoms with Gasteiger partial charge in [0, 0.05) is 16.3 Å². The van der Waals surface area contributed by atoms with E-state index in [1.54, 1.807) is 10.6 Å². The predicted octanol–water partition coefficient (Wildman–Crippen LogP) is 2.91. The summed E-state index contributed by atoms with van der Waals surface area (Å²) < 4.78 is 6.67. The van der Waals surface area contributed by atoms with Gasteiger partial charge >= 0.3 is 5.76 Å². The highest BCUT2D eigenvalue weighted by molar-refractivity contribution is 6.31. The highest BCUT2D eigenvalue weighted by atomic mass is 35.5. The van der Waals surface area contributed by atoms with Crippen molar-refractivity contribution >= 4 is 22.7 Å². The molecule has 3 rings (SSSR count). The molecule has 0 amide bonds. The van der Waals surface area contributed by atoms with Gasteiger partial charge in [-0.05, 0) is 38.0 Å². The lowest BCUT2D eigenvalue weighted by Gasteiger charge is -2.15. The fourth-order valence-corrected chi connectivity index (χ4v) is 2.89. The van der Waals surface area contributed by atoms with E-state index in [0.29, 0.717) is 17.2 Å². The van der Waals surface area contributed by atoms with E-state index in [2.05, 4.69) is 4.98 Å². The molecule has 2 heterocycles. The Labute approximate surface area is 131 Å². The second-order valence-corrected chi connectivity index (χ2v) is 5.76. The summed E-state index contributed by atoms with van der Waals surface area (Å²) >= 11 is 6.25. The van der Waals surface area contributed by atoms with Gasteiger partial charge in [0.1, 0.15) is 0 Å². The van der Waals surface area contributed by atoms with Gasteiger partial charge in [-0.25, -0.2) is 4.79 Å². The minimum absolute atomic E-state index is 0.192. The summed E-state index contributed by atoms with van der Waals surface area (Å²) in [5.41, 5.74) is 3.63. The molecule has 0 fully saturated rings. The van der Waals surface area contributed by atoms with E-state index in [4.69, 9.17) is 16.0 Å². The van der Waals surface area contributed by atoms with Crippen molar-refractivity contribution in [2.24, 2.45) is 0 Å². The Kier molecular flexibility index (Phi) is 3.45. The van der Waals surface area contributed by atoms with Gasteiger partial charge in [-0.15, -0.1) is 0 Å². The lowest BCUT2D eigenvalue weighted by Crippen LogP contribution is -2.25. The zero-order valence-corrected chi connectivity index (χ0v) is 13.2. The minimum atomic E-state index is -0.624. The molecule has 0 spiro atoms. The number of aryl methyl sites for hydroxylation is 2. The number of halogens is 1. The number of hydrogen-bond acceptors (Lipinski definition) is 3. The summed E-state index contributed by atoms with van der Waals surface area (Å²) in [5.74, 6) is -0.624. The Hall–Kier alpha value is -2.27. The van der Waals surface area contributed by atoms with Crippen LogP contribution < -0.4 is 11.3 Å². The molecular weight excluding hydrogens is 304 g/mol. The van der Waals surface area contributed by atoms with Crippen molar-refractivity contribution < 1.29 is 4.42 Å². The third kappa shape index (κ3) is 2.18. The monoisotopic (exact) mass is 318 g/mol. The van der Waals surface area contributed by atoms with Gasteiger partial charge in [0.15, 0.2) is 11.1 Å². The van der Waals surface area contributed by atoms with Crippen molar-refractivity contribution in [3.63, 3.8) is 0 Å². The summed E-state index contributed by atoms with van der Waals surface area (Å²) in [4.78, 5) is 26.5. The number of nitrogens with zero attached hydrogens (tertiary/aromatic N) is 1. The van der Waals surface area contributed by atoms with Crippen molar-refractivity contribution in [1.29, 1.82) is 0 Å². The molecule has 0 unspecified atom stereocenters. The maximum atomic E-state index is 12.6. The number of oxazole rings is 1. The quantitative estimate of drug-likeness (QED) is 0.790. The van der Waals surface area contributed by atoms with Gasteiger partial charge in [0.05, 0.1) is 6.54 Å². The lowest BCUT2D eigenvalue weighted by molar-refractivity contribution is 0.552. The Morgan fingerprint density at radius 2 is 1.95 bits per heavy atom. The molecule has 1 aromatic carbocycles. The second-order valence-electron chi connectivity index (χ2n) is 5.36. The molecular formula is C16H15ClN2O3. The Morgan fingerprint density at radius 3 is 2.64 bits per heavy atom. The molecule has 0 aliphatic carbocycles. The molecule has 0 radical (unpaired) electrons. The zero-order valence-electron chi connectivity index (χ0n) is 12.5. The molecule has 3 aromatic rings. The number of benzene rings is 1. The van der Waals surface area contributed by atoms with Crippen molar-refractivity contribution in [2.75, 3.05) is 0 Å². The number of aromatic nitrogens is 2. The van der Waals surface area contributed by atoms with Crippen LogP contribution in [0.2, 0.25) is 5.02 Å². The van der Waals surface area contributed by atoms with E-state index < -0.39 is 5.76 Å². The van der Waals surface area contributed by atoms with Crippen LogP contribution in [0.3, 0.4) is 0 Å². The average Bonchev–Trinajstić information content (AvgIpc) is 2.86. The number of nitrogens with one attached hydrogen (secondary N) is 1. The van der Waals surface area contributed by atoms with Crippen molar-refractivity contribution in [1.82, 2.24) is 9.55 Å². The van der Waals surface area contributed by atoms with Gasteiger partial charge in [-0.2, -0.15) is 0 Å². The van der Waals surface area contributed by atoms with Gasteiger partial charge in [-0.3, -0.25) is 9.78 Å². The Morgan fingerprint density at radius 1 is 1.23 bits per heavy atom. The van der Waals surface area contributed by atoms with Crippen molar-refractivity contribution in [3.8, 4) is 0 Å². The molecule has 0 atom stereocenters. The van der Waals surface area contributed by atoms with Crippen LogP contribution >= 0.6 is 11.6 Å². The first-order chi connectivity index (χ1) is 10.4. The highest BCUT2D eigenvalue weighted by Gasteiger charge is 2.17. The first kappa shape index (κ1) is 14.7. The maximum Gasteiger partial charge on any atom is 0.417 e. The molecule has 2 aromatic heterocycles. The SMILES string of the molecule is Cc1cccc(Cl)c1Cn1c(C)c(C)c2oc(=O)[nH]c2c1=O. The van der Waals surface area contributed by atoms with Crippen LogP contribution in [0.1, 0.15) is 22.4 Å². The molecule has 5 nitrogen and oxygen atoms in total. The van der Waals surface area contributed by atoms with E-state index >= 15 is 0 Å². The summed E-state index contributed by atoms with van der Waals surface area (Å²) in [6.45, 7) is 5.95. The molecule has 22 heavy (non-hydrogen) atoms. The number of hydrogen-bond donors (Lipinski definition) is 1. The summed E-state index contributed by atoms with van der Waals surface area (Å²) in [6, 6.07) is 5.63. The first-order valence-corrected chi connectivity index (χ1v) is 7.24. The topological polar surface area (TPSA) is 68.0 Å². The van der Waals surface area contributed by atoms with E-state index in [1.807, 2.05) is 32.9 Å². The third-order valence-electron chi connectivity index (χ3n) is 4.07. The van der Waals surface area contributed by atoms with Gasteiger partial charge < -0.3 is 8.98 Å². The van der Waals surface area contributed by atoms with Crippen LogP contribution in [-0.2, 0) is 6.54 Å². The number of aromatic amines is 1. The van der Waals surface area contributed by atoms with Crippen LogP contribution in [0.5, 0.6) is 0 Å². The van der Waals surface area contributed by atoms with Crippen LogP contribution in [0, 0.1) is 20.8 Å². The first-order valence-electron chi connectivity index (χ1n) is 6.87. The average molecular weight is 319 g/mol. The smallest absolute Gasteiger partial charge is 0.407 e. The molecule has 0 aliphatic heterocycles. The van der Waals surface area contributed by atoms with Crippen LogP contribution in [0.25, 0.3) is 11.1 Å². The van der Waals surface area contributed by atoms with Crippen LogP contribution in [0.4, 0.5) is 0 Å².